The van der Waals surface area contributed by atoms with Gasteiger partial charge in [0.15, 0.2) is 5.65 Å². The maximum Gasteiger partial charge on any atom is 0.163 e. The molecule has 7 nitrogen and oxygen atoms in total. The first-order valence-corrected chi connectivity index (χ1v) is 10.4. The fourth-order valence-corrected chi connectivity index (χ4v) is 4.11. The normalized spacial score (nSPS) is 13.9. The summed E-state index contributed by atoms with van der Waals surface area (Å²) in [6, 6.07) is 8.53. The van der Waals surface area contributed by atoms with Crippen molar-refractivity contribution in [3.63, 3.8) is 0 Å². The van der Waals surface area contributed by atoms with E-state index in [1.54, 1.807) is 6.33 Å². The monoisotopic (exact) mass is 437 g/mol. The fraction of sp³-hybridized carbons (Fsp3) is 0.300. The van der Waals surface area contributed by atoms with Crippen LogP contribution in [-0.4, -0.2) is 42.6 Å². The van der Waals surface area contributed by atoms with Crippen molar-refractivity contribution in [3.05, 3.63) is 42.4 Å². The minimum Gasteiger partial charge on any atom is -0.356 e. The van der Waals surface area contributed by atoms with Crippen molar-refractivity contribution >= 4 is 32.8 Å². The van der Waals surface area contributed by atoms with Gasteiger partial charge in [-0.2, -0.15) is 10.2 Å². The van der Waals surface area contributed by atoms with Crippen LogP contribution in [0.3, 0.4) is 0 Å². The second-order valence-electron chi connectivity index (χ2n) is 7.07. The van der Waals surface area contributed by atoms with Crippen molar-refractivity contribution in [1.29, 1.82) is 0 Å². The van der Waals surface area contributed by atoms with Crippen molar-refractivity contribution in [2.45, 2.75) is 11.8 Å². The Labute approximate surface area is 171 Å². The van der Waals surface area contributed by atoms with Crippen molar-refractivity contribution in [1.82, 2.24) is 29.5 Å². The van der Waals surface area contributed by atoms with E-state index in [0.717, 1.165) is 57.8 Å². The Morgan fingerprint density at radius 3 is 2.50 bits per heavy atom. The van der Waals surface area contributed by atoms with Gasteiger partial charge in [-0.3, -0.25) is 4.68 Å². The molecule has 0 bridgehead atoms. The Bertz CT molecular complexity index is 1160. The molecule has 0 amide bonds. The van der Waals surface area contributed by atoms with Crippen molar-refractivity contribution in [3.8, 4) is 22.5 Å². The Morgan fingerprint density at radius 2 is 1.82 bits per heavy atom. The van der Waals surface area contributed by atoms with Crippen LogP contribution in [0.5, 0.6) is 0 Å². The average Bonchev–Trinajstić information content (AvgIpc) is 3.21. The highest BCUT2D eigenvalue weighted by Gasteiger charge is 2.26. The van der Waals surface area contributed by atoms with Crippen LogP contribution in [0.4, 0.5) is 5.82 Å². The first-order valence-electron chi connectivity index (χ1n) is 9.27. The number of fused-ring (bicyclic) bond motifs is 1. The predicted molar refractivity (Wildman–Crippen MR) is 113 cm³/mol. The maximum absolute atomic E-state index is 4.82. The zero-order valence-corrected chi connectivity index (χ0v) is 17.4. The molecule has 1 fully saturated rings. The minimum absolute atomic E-state index is 0.840. The summed E-state index contributed by atoms with van der Waals surface area (Å²) in [5, 5.41) is 11.2. The molecular formula is C20H20BrN7. The molecule has 4 aromatic rings. The summed E-state index contributed by atoms with van der Waals surface area (Å²) in [6.45, 7) is 2.04. The molecule has 5 rings (SSSR count). The van der Waals surface area contributed by atoms with Gasteiger partial charge in [-0.15, -0.1) is 0 Å². The van der Waals surface area contributed by atoms with E-state index < -0.39 is 0 Å². The molecule has 1 aromatic carbocycles. The van der Waals surface area contributed by atoms with Gasteiger partial charge < -0.3 is 4.90 Å². The van der Waals surface area contributed by atoms with E-state index in [9.17, 15) is 0 Å². The standard InChI is InChI=1S/C20H20BrN7/c1-26-18(14-6-4-13(10-21)5-7-14)15(11-24-26)17-16-19(27(2)25-17)22-12-23-20(16)28-8-3-9-28/h4-7,11-12H,3,8-10H2,1-2H3. The molecule has 1 saturated heterocycles. The van der Waals surface area contributed by atoms with Gasteiger partial charge in [0, 0.05) is 43.6 Å². The lowest BCUT2D eigenvalue weighted by Gasteiger charge is -2.32. The number of nitrogens with zero attached hydrogens (tertiary/aromatic N) is 7. The Kier molecular flexibility index (Phi) is 4.16. The molecular weight excluding hydrogens is 418 g/mol. The summed E-state index contributed by atoms with van der Waals surface area (Å²) < 4.78 is 3.74. The molecule has 3 aromatic heterocycles. The Morgan fingerprint density at radius 1 is 1.04 bits per heavy atom. The molecule has 0 spiro atoms. The third kappa shape index (κ3) is 2.63. The summed E-state index contributed by atoms with van der Waals surface area (Å²) in [4.78, 5) is 11.4. The van der Waals surface area contributed by atoms with E-state index in [-0.39, 0.29) is 0 Å². The molecule has 28 heavy (non-hydrogen) atoms. The van der Waals surface area contributed by atoms with Gasteiger partial charge in [0.25, 0.3) is 0 Å². The number of anilines is 1. The van der Waals surface area contributed by atoms with Crippen LogP contribution in [0.25, 0.3) is 33.5 Å². The molecule has 0 unspecified atom stereocenters. The van der Waals surface area contributed by atoms with Gasteiger partial charge >= 0.3 is 0 Å². The van der Waals surface area contributed by atoms with Gasteiger partial charge in [0.05, 0.1) is 17.3 Å². The van der Waals surface area contributed by atoms with E-state index >= 15 is 0 Å². The Balaban J connectivity index is 1.73. The summed E-state index contributed by atoms with van der Waals surface area (Å²) in [5.74, 6) is 0.962. The molecule has 0 aliphatic carbocycles. The third-order valence-corrected chi connectivity index (χ3v) is 5.98. The molecule has 0 atom stereocenters. The summed E-state index contributed by atoms with van der Waals surface area (Å²) >= 11 is 3.51. The Hall–Kier alpha value is -2.74. The van der Waals surface area contributed by atoms with Crippen LogP contribution >= 0.6 is 15.9 Å². The number of halogens is 1. The molecule has 1 aliphatic rings. The fourth-order valence-electron chi connectivity index (χ4n) is 3.73. The number of aryl methyl sites for hydroxylation is 2. The highest BCUT2D eigenvalue weighted by Crippen LogP contribution is 2.38. The average molecular weight is 438 g/mol. The molecule has 142 valence electrons. The van der Waals surface area contributed by atoms with E-state index in [1.165, 1.54) is 12.0 Å². The van der Waals surface area contributed by atoms with Gasteiger partial charge in [0.2, 0.25) is 0 Å². The van der Waals surface area contributed by atoms with Gasteiger partial charge in [-0.1, -0.05) is 40.2 Å². The smallest absolute Gasteiger partial charge is 0.163 e. The summed E-state index contributed by atoms with van der Waals surface area (Å²) in [6.07, 6.45) is 4.71. The molecule has 0 radical (unpaired) electrons. The largest absolute Gasteiger partial charge is 0.356 e. The lowest BCUT2D eigenvalue weighted by molar-refractivity contribution is 0.611. The first kappa shape index (κ1) is 17.4. The highest BCUT2D eigenvalue weighted by atomic mass is 79.9. The lowest BCUT2D eigenvalue weighted by atomic mass is 10.0. The number of alkyl halides is 1. The van der Waals surface area contributed by atoms with Crippen LogP contribution in [0.2, 0.25) is 0 Å². The second-order valence-corrected chi connectivity index (χ2v) is 7.63. The van der Waals surface area contributed by atoms with Crippen molar-refractivity contribution in [2.75, 3.05) is 18.0 Å². The number of benzene rings is 1. The van der Waals surface area contributed by atoms with Crippen LogP contribution < -0.4 is 4.90 Å². The second kappa shape index (κ2) is 6.70. The van der Waals surface area contributed by atoms with E-state index in [2.05, 4.69) is 60.2 Å². The lowest BCUT2D eigenvalue weighted by Crippen LogP contribution is -2.37. The van der Waals surface area contributed by atoms with E-state index in [1.807, 2.05) is 29.7 Å². The number of aromatic nitrogens is 6. The van der Waals surface area contributed by atoms with Crippen LogP contribution in [0.1, 0.15) is 12.0 Å². The number of hydrogen-bond donors (Lipinski definition) is 0. The first-order chi connectivity index (χ1) is 13.7. The van der Waals surface area contributed by atoms with Gasteiger partial charge in [-0.25, -0.2) is 14.6 Å². The van der Waals surface area contributed by atoms with E-state index in [4.69, 9.17) is 5.10 Å². The van der Waals surface area contributed by atoms with E-state index in [0.29, 0.717) is 0 Å². The minimum atomic E-state index is 0.840. The quantitative estimate of drug-likeness (QED) is 0.456. The molecule has 4 heterocycles. The summed E-state index contributed by atoms with van der Waals surface area (Å²) in [7, 11) is 3.90. The van der Waals surface area contributed by atoms with Crippen LogP contribution in [0.15, 0.2) is 36.8 Å². The number of hydrogen-bond acceptors (Lipinski definition) is 5. The summed E-state index contributed by atoms with van der Waals surface area (Å²) in [5.41, 5.74) is 6.12. The molecule has 0 N–H and O–H groups in total. The molecule has 8 heteroatoms. The van der Waals surface area contributed by atoms with Gasteiger partial charge in [0.1, 0.15) is 17.8 Å². The van der Waals surface area contributed by atoms with Crippen molar-refractivity contribution < 1.29 is 0 Å². The third-order valence-electron chi connectivity index (χ3n) is 5.33. The zero-order valence-electron chi connectivity index (χ0n) is 15.8. The SMILES string of the molecule is Cn1ncc(-c2nn(C)c3ncnc(N4CCC4)c23)c1-c1ccc(CBr)cc1. The highest BCUT2D eigenvalue weighted by molar-refractivity contribution is 9.08. The maximum atomic E-state index is 4.82. The topological polar surface area (TPSA) is 64.7 Å². The van der Waals surface area contributed by atoms with Gasteiger partial charge in [-0.05, 0) is 12.0 Å². The molecule has 1 aliphatic heterocycles. The van der Waals surface area contributed by atoms with Crippen molar-refractivity contribution in [2.24, 2.45) is 14.1 Å². The molecule has 0 saturated carbocycles. The number of rotatable bonds is 4. The van der Waals surface area contributed by atoms with Crippen LogP contribution in [-0.2, 0) is 19.4 Å². The zero-order chi connectivity index (χ0) is 19.3. The predicted octanol–water partition coefficient (Wildman–Crippen LogP) is 3.54. The van der Waals surface area contributed by atoms with Crippen LogP contribution in [0, 0.1) is 0 Å².